The summed E-state index contributed by atoms with van der Waals surface area (Å²) in [7, 11) is 0. The van der Waals surface area contributed by atoms with E-state index >= 15 is 0 Å². The molecule has 1 heterocycles. The number of alkyl halides is 3. The molecule has 0 saturated heterocycles. The zero-order chi connectivity index (χ0) is 20.5. The molecular formula is C19H23F3N4OS. The molecule has 1 aliphatic carbocycles. The number of nitrogens with one attached hydrogen (secondary N) is 1. The fourth-order valence-electron chi connectivity index (χ4n) is 3.22. The van der Waals surface area contributed by atoms with Crippen LogP contribution in [0.5, 0.6) is 0 Å². The van der Waals surface area contributed by atoms with Crippen LogP contribution in [0.1, 0.15) is 61.1 Å². The largest absolute Gasteiger partial charge is 0.616 e. The predicted octanol–water partition coefficient (Wildman–Crippen LogP) is 4.92. The molecule has 0 radical (unpaired) electrons. The number of aromatic nitrogens is 2. The minimum absolute atomic E-state index is 0.0359. The van der Waals surface area contributed by atoms with Crippen molar-refractivity contribution in [3.8, 4) is 0 Å². The smallest absolute Gasteiger partial charge is 0.421 e. The van der Waals surface area contributed by atoms with Gasteiger partial charge in [0.25, 0.3) is 0 Å². The van der Waals surface area contributed by atoms with E-state index in [0.29, 0.717) is 24.3 Å². The number of nitrogens with two attached hydrogens (primary N) is 1. The van der Waals surface area contributed by atoms with Crippen LogP contribution in [-0.4, -0.2) is 20.3 Å². The Hall–Kier alpha value is -2.00. The van der Waals surface area contributed by atoms with Crippen LogP contribution >= 0.6 is 0 Å². The van der Waals surface area contributed by atoms with E-state index in [9.17, 15) is 17.7 Å². The minimum atomic E-state index is -4.59. The molecule has 0 bridgehead atoms. The van der Waals surface area contributed by atoms with Gasteiger partial charge in [-0.2, -0.15) is 18.2 Å². The molecule has 3 rings (SSSR count). The van der Waals surface area contributed by atoms with E-state index in [1.54, 1.807) is 18.2 Å². The van der Waals surface area contributed by atoms with Crippen LogP contribution in [0.4, 0.5) is 30.6 Å². The molecule has 1 saturated carbocycles. The molecule has 5 nitrogen and oxygen atoms in total. The fraction of sp³-hybridized carbons (Fsp3) is 0.474. The van der Waals surface area contributed by atoms with Crippen molar-refractivity contribution in [2.75, 3.05) is 16.8 Å². The number of hydrogen-bond acceptors (Lipinski definition) is 5. The second-order valence-corrected chi connectivity index (χ2v) is 8.93. The van der Waals surface area contributed by atoms with Gasteiger partial charge in [-0.05, 0) is 50.0 Å². The van der Waals surface area contributed by atoms with Crippen molar-refractivity contribution in [3.05, 3.63) is 41.1 Å². The monoisotopic (exact) mass is 412 g/mol. The molecule has 28 heavy (non-hydrogen) atoms. The molecule has 1 aliphatic rings. The van der Waals surface area contributed by atoms with Gasteiger partial charge in [-0.15, -0.1) is 0 Å². The van der Waals surface area contributed by atoms with E-state index in [2.05, 4.69) is 15.3 Å². The maximum Gasteiger partial charge on any atom is 0.421 e. The van der Waals surface area contributed by atoms with Gasteiger partial charge in [0.2, 0.25) is 5.95 Å². The zero-order valence-electron chi connectivity index (χ0n) is 15.7. The number of halogens is 3. The third-order valence-electron chi connectivity index (χ3n) is 5.03. The second kappa shape index (κ2) is 8.16. The lowest BCUT2D eigenvalue weighted by Gasteiger charge is -2.28. The first kappa shape index (κ1) is 20.7. The van der Waals surface area contributed by atoms with Gasteiger partial charge in [0.15, 0.2) is 0 Å². The molecule has 2 unspecified atom stereocenters. The van der Waals surface area contributed by atoms with Gasteiger partial charge in [0, 0.05) is 17.2 Å². The van der Waals surface area contributed by atoms with Crippen LogP contribution in [0.2, 0.25) is 0 Å². The first-order valence-electron chi connectivity index (χ1n) is 9.19. The van der Waals surface area contributed by atoms with E-state index in [1.165, 1.54) is 0 Å². The molecule has 2 aromatic rings. The van der Waals surface area contributed by atoms with E-state index in [-0.39, 0.29) is 22.8 Å². The summed E-state index contributed by atoms with van der Waals surface area (Å²) in [5.41, 5.74) is 6.17. The first-order chi connectivity index (χ1) is 13.2. The average Bonchev–Trinajstić information content (AvgIpc) is 2.57. The maximum absolute atomic E-state index is 13.4. The lowest BCUT2D eigenvalue weighted by atomic mass is 9.81. The quantitative estimate of drug-likeness (QED) is 0.658. The summed E-state index contributed by atoms with van der Waals surface area (Å²) >= 11 is -1.00. The third-order valence-corrected chi connectivity index (χ3v) is 6.66. The van der Waals surface area contributed by atoms with Crippen LogP contribution in [0.3, 0.4) is 0 Å². The van der Waals surface area contributed by atoms with E-state index in [0.717, 1.165) is 12.0 Å². The second-order valence-electron chi connectivity index (χ2n) is 6.88. The van der Waals surface area contributed by atoms with Crippen molar-refractivity contribution in [3.63, 3.8) is 0 Å². The standard InChI is InChI=1S/C19H23F3N4OS/c1-3-28(27)11(2)13-8-5-9-14(10-13)24-18-25-16(12-6-4-7-12)15(17(23)26-18)19(20,21)22/h5,8-12H,3-4,6-7H2,1-2H3,(H3,23,24,25,26). The van der Waals surface area contributed by atoms with E-state index < -0.39 is 28.7 Å². The molecule has 0 aliphatic heterocycles. The first-order valence-corrected chi connectivity index (χ1v) is 10.6. The summed E-state index contributed by atoms with van der Waals surface area (Å²) < 4.78 is 52.4. The van der Waals surface area contributed by atoms with Gasteiger partial charge in [0.05, 0.1) is 5.69 Å². The molecule has 1 aromatic carbocycles. The molecule has 1 aromatic heterocycles. The Morgan fingerprint density at radius 2 is 2.04 bits per heavy atom. The Morgan fingerprint density at radius 1 is 1.32 bits per heavy atom. The summed E-state index contributed by atoms with van der Waals surface area (Å²) in [5.74, 6) is -0.236. The number of nitrogen functional groups attached to an aromatic ring is 1. The molecule has 2 atom stereocenters. The van der Waals surface area contributed by atoms with Crippen LogP contribution < -0.4 is 11.1 Å². The van der Waals surface area contributed by atoms with E-state index in [1.807, 2.05) is 19.9 Å². The number of hydrogen-bond donors (Lipinski definition) is 2. The van der Waals surface area contributed by atoms with Crippen LogP contribution in [0.25, 0.3) is 0 Å². The summed E-state index contributed by atoms with van der Waals surface area (Å²) in [6.45, 7) is 3.73. The lowest BCUT2D eigenvalue weighted by Crippen LogP contribution is -2.22. The lowest BCUT2D eigenvalue weighted by molar-refractivity contribution is -0.138. The minimum Gasteiger partial charge on any atom is -0.616 e. The molecule has 152 valence electrons. The number of rotatable bonds is 6. The topological polar surface area (TPSA) is 86.9 Å². The highest BCUT2D eigenvalue weighted by Crippen LogP contribution is 2.44. The van der Waals surface area contributed by atoms with Gasteiger partial charge in [-0.1, -0.05) is 18.6 Å². The van der Waals surface area contributed by atoms with Gasteiger partial charge < -0.3 is 15.6 Å². The zero-order valence-corrected chi connectivity index (χ0v) is 16.5. The van der Waals surface area contributed by atoms with Gasteiger partial charge in [-0.25, -0.2) is 4.98 Å². The Bertz CT molecular complexity index is 842. The van der Waals surface area contributed by atoms with Gasteiger partial charge in [0.1, 0.15) is 22.4 Å². The molecule has 1 fully saturated rings. The van der Waals surface area contributed by atoms with Crippen LogP contribution in [-0.2, 0) is 17.4 Å². The fourth-order valence-corrected chi connectivity index (χ4v) is 4.17. The molecule has 3 N–H and O–H groups in total. The van der Waals surface area contributed by atoms with Gasteiger partial charge >= 0.3 is 6.18 Å². The predicted molar refractivity (Wildman–Crippen MR) is 105 cm³/mol. The van der Waals surface area contributed by atoms with Crippen molar-refractivity contribution in [2.24, 2.45) is 0 Å². The Balaban J connectivity index is 1.92. The number of nitrogens with zero attached hydrogens (tertiary/aromatic N) is 2. The summed E-state index contributed by atoms with van der Waals surface area (Å²) in [4.78, 5) is 8.00. The maximum atomic E-state index is 13.4. The van der Waals surface area contributed by atoms with Crippen LogP contribution in [0, 0.1) is 0 Å². The Kier molecular flexibility index (Phi) is 6.04. The molecule has 0 amide bonds. The van der Waals surface area contributed by atoms with Crippen molar-refractivity contribution >= 4 is 28.6 Å². The SMILES string of the molecule is CC[S+]([O-])C(C)c1cccc(Nc2nc(N)c(C(F)(F)F)c(C3CCC3)n2)c1. The normalized spacial score (nSPS) is 17.1. The summed E-state index contributed by atoms with van der Waals surface area (Å²) in [5, 5.41) is 2.79. The highest BCUT2D eigenvalue weighted by atomic mass is 32.2. The van der Waals surface area contributed by atoms with Crippen molar-refractivity contribution < 1.29 is 17.7 Å². The Labute approximate surface area is 165 Å². The molecular weight excluding hydrogens is 389 g/mol. The van der Waals surface area contributed by atoms with E-state index in [4.69, 9.17) is 5.73 Å². The van der Waals surface area contributed by atoms with Gasteiger partial charge in [-0.3, -0.25) is 0 Å². The third kappa shape index (κ3) is 4.35. The highest BCUT2D eigenvalue weighted by molar-refractivity contribution is 7.91. The summed E-state index contributed by atoms with van der Waals surface area (Å²) in [6, 6.07) is 7.22. The van der Waals surface area contributed by atoms with Crippen LogP contribution in [0.15, 0.2) is 24.3 Å². The molecule has 9 heteroatoms. The van der Waals surface area contributed by atoms with Crippen molar-refractivity contribution in [1.82, 2.24) is 9.97 Å². The van der Waals surface area contributed by atoms with Crippen molar-refractivity contribution in [1.29, 1.82) is 0 Å². The van der Waals surface area contributed by atoms with Crippen molar-refractivity contribution in [2.45, 2.75) is 50.5 Å². The number of benzene rings is 1. The summed E-state index contributed by atoms with van der Waals surface area (Å²) in [6.07, 6.45) is -2.39. The average molecular weight is 412 g/mol. The highest BCUT2D eigenvalue weighted by Gasteiger charge is 2.41. The molecule has 0 spiro atoms. The number of anilines is 3. The Morgan fingerprint density at radius 3 is 2.61 bits per heavy atom.